The van der Waals surface area contributed by atoms with Gasteiger partial charge in [0.05, 0.1) is 0 Å². The van der Waals surface area contributed by atoms with Crippen LogP contribution in [-0.2, 0) is 0 Å². The maximum Gasteiger partial charge on any atom is 0.0104 e. The molecule has 0 heterocycles. The zero-order valence-electron chi connectivity index (χ0n) is 12.7. The van der Waals surface area contributed by atoms with Crippen molar-refractivity contribution in [3.8, 4) is 0 Å². The van der Waals surface area contributed by atoms with Crippen molar-refractivity contribution in [2.45, 2.75) is 57.5 Å². The van der Waals surface area contributed by atoms with E-state index in [0.717, 1.165) is 18.0 Å². The number of nitrogens with one attached hydrogen (secondary N) is 1. The summed E-state index contributed by atoms with van der Waals surface area (Å²) in [5.74, 6) is 2.13. The summed E-state index contributed by atoms with van der Waals surface area (Å²) >= 11 is 1.96. The summed E-state index contributed by atoms with van der Waals surface area (Å²) in [6.45, 7) is 3.64. The molecule has 1 saturated carbocycles. The molecule has 0 aromatic rings. The highest BCUT2D eigenvalue weighted by Gasteiger charge is 2.24. The summed E-state index contributed by atoms with van der Waals surface area (Å²) in [7, 11) is 4.45. The molecule has 1 fully saturated rings. The molecule has 108 valence electrons. The molecule has 2 nitrogen and oxygen atoms in total. The molecule has 3 atom stereocenters. The molecule has 0 saturated heterocycles. The molecule has 0 amide bonds. The number of hydrogen-bond donors (Lipinski definition) is 1. The SMILES string of the molecule is CNC1CCCCCC1CN(C)C(C)CCSC. The van der Waals surface area contributed by atoms with E-state index in [0.29, 0.717) is 0 Å². The van der Waals surface area contributed by atoms with Crippen LogP contribution < -0.4 is 5.32 Å². The fourth-order valence-electron chi connectivity index (χ4n) is 3.04. The Balaban J connectivity index is 2.41. The van der Waals surface area contributed by atoms with Gasteiger partial charge in [0, 0.05) is 18.6 Å². The van der Waals surface area contributed by atoms with Gasteiger partial charge in [0.15, 0.2) is 0 Å². The predicted octanol–water partition coefficient (Wildman–Crippen LogP) is 3.23. The van der Waals surface area contributed by atoms with Crippen LogP contribution in [0.5, 0.6) is 0 Å². The van der Waals surface area contributed by atoms with E-state index >= 15 is 0 Å². The molecule has 0 spiro atoms. The van der Waals surface area contributed by atoms with Crippen LogP contribution >= 0.6 is 11.8 Å². The second kappa shape index (κ2) is 9.22. The van der Waals surface area contributed by atoms with Gasteiger partial charge in [0.25, 0.3) is 0 Å². The molecule has 18 heavy (non-hydrogen) atoms. The highest BCUT2D eigenvalue weighted by Crippen LogP contribution is 2.24. The molecule has 3 heteroatoms. The summed E-state index contributed by atoms with van der Waals surface area (Å²) in [5, 5.41) is 3.55. The van der Waals surface area contributed by atoms with E-state index < -0.39 is 0 Å². The number of nitrogens with zero attached hydrogens (tertiary/aromatic N) is 1. The van der Waals surface area contributed by atoms with E-state index in [-0.39, 0.29) is 0 Å². The Morgan fingerprint density at radius 2 is 2.00 bits per heavy atom. The smallest absolute Gasteiger partial charge is 0.0104 e. The molecular formula is C15H32N2S. The Kier molecular flexibility index (Phi) is 8.36. The zero-order chi connectivity index (χ0) is 13.4. The lowest BCUT2D eigenvalue weighted by atomic mass is 9.94. The predicted molar refractivity (Wildman–Crippen MR) is 84.5 cm³/mol. The lowest BCUT2D eigenvalue weighted by Crippen LogP contribution is -2.42. The van der Waals surface area contributed by atoms with Crippen LogP contribution in [0.2, 0.25) is 0 Å². The first-order chi connectivity index (χ1) is 8.69. The minimum Gasteiger partial charge on any atom is -0.317 e. The Bertz CT molecular complexity index is 211. The van der Waals surface area contributed by atoms with Gasteiger partial charge in [-0.3, -0.25) is 0 Å². The second-order valence-electron chi connectivity index (χ2n) is 5.86. The van der Waals surface area contributed by atoms with Crippen LogP contribution in [0.15, 0.2) is 0 Å². The summed E-state index contributed by atoms with van der Waals surface area (Å²) in [6, 6.07) is 1.46. The molecule has 0 aliphatic heterocycles. The van der Waals surface area contributed by atoms with E-state index in [4.69, 9.17) is 0 Å². The molecular weight excluding hydrogens is 240 g/mol. The molecule has 1 aliphatic rings. The van der Waals surface area contributed by atoms with Crippen molar-refractivity contribution < 1.29 is 0 Å². The van der Waals surface area contributed by atoms with Crippen molar-refractivity contribution in [2.75, 3.05) is 32.6 Å². The Hall–Kier alpha value is 0.270. The Morgan fingerprint density at radius 1 is 1.28 bits per heavy atom. The van der Waals surface area contributed by atoms with E-state index in [1.807, 2.05) is 11.8 Å². The van der Waals surface area contributed by atoms with Crippen LogP contribution in [0.3, 0.4) is 0 Å². The van der Waals surface area contributed by atoms with Crippen molar-refractivity contribution in [3.63, 3.8) is 0 Å². The van der Waals surface area contributed by atoms with Crippen molar-refractivity contribution >= 4 is 11.8 Å². The summed E-state index contributed by atoms with van der Waals surface area (Å²) in [5.41, 5.74) is 0. The van der Waals surface area contributed by atoms with Crippen LogP contribution in [0.1, 0.15) is 45.4 Å². The first kappa shape index (κ1) is 16.3. The third-order valence-electron chi connectivity index (χ3n) is 4.54. The van der Waals surface area contributed by atoms with Gasteiger partial charge >= 0.3 is 0 Å². The van der Waals surface area contributed by atoms with E-state index in [1.54, 1.807) is 0 Å². The Morgan fingerprint density at radius 3 is 2.67 bits per heavy atom. The van der Waals surface area contributed by atoms with Gasteiger partial charge in [0.1, 0.15) is 0 Å². The fraction of sp³-hybridized carbons (Fsp3) is 1.00. The monoisotopic (exact) mass is 272 g/mol. The van der Waals surface area contributed by atoms with Gasteiger partial charge in [-0.05, 0) is 58.2 Å². The van der Waals surface area contributed by atoms with Gasteiger partial charge < -0.3 is 10.2 Å². The quantitative estimate of drug-likeness (QED) is 0.716. The minimum absolute atomic E-state index is 0.721. The Labute approximate surface area is 118 Å². The third-order valence-corrected chi connectivity index (χ3v) is 5.19. The molecule has 0 aromatic carbocycles. The topological polar surface area (TPSA) is 15.3 Å². The maximum absolute atomic E-state index is 3.55. The van der Waals surface area contributed by atoms with Crippen LogP contribution in [0.25, 0.3) is 0 Å². The summed E-state index contributed by atoms with van der Waals surface area (Å²) in [6.07, 6.45) is 10.6. The van der Waals surface area contributed by atoms with Gasteiger partial charge in [-0.2, -0.15) is 11.8 Å². The van der Waals surface area contributed by atoms with Gasteiger partial charge in [-0.1, -0.05) is 19.3 Å². The van der Waals surface area contributed by atoms with Gasteiger partial charge in [-0.15, -0.1) is 0 Å². The standard InChI is InChI=1S/C15H32N2S/c1-13(10-11-18-4)17(3)12-14-8-6-5-7-9-15(14)16-2/h13-16H,5-12H2,1-4H3. The van der Waals surface area contributed by atoms with E-state index in [2.05, 4.69) is 37.5 Å². The van der Waals surface area contributed by atoms with Crippen LogP contribution in [0.4, 0.5) is 0 Å². The van der Waals surface area contributed by atoms with E-state index in [9.17, 15) is 0 Å². The highest BCUT2D eigenvalue weighted by atomic mass is 32.2. The maximum atomic E-state index is 3.55. The second-order valence-corrected chi connectivity index (χ2v) is 6.85. The van der Waals surface area contributed by atoms with Gasteiger partial charge in [-0.25, -0.2) is 0 Å². The van der Waals surface area contributed by atoms with Crippen LogP contribution in [-0.4, -0.2) is 49.6 Å². The first-order valence-electron chi connectivity index (χ1n) is 7.55. The van der Waals surface area contributed by atoms with Crippen molar-refractivity contribution in [3.05, 3.63) is 0 Å². The van der Waals surface area contributed by atoms with Crippen LogP contribution in [0, 0.1) is 5.92 Å². The average Bonchev–Trinajstić information content (AvgIpc) is 2.60. The normalized spacial score (nSPS) is 27.2. The molecule has 0 bridgehead atoms. The number of thioether (sulfide) groups is 1. The highest BCUT2D eigenvalue weighted by molar-refractivity contribution is 7.98. The minimum atomic E-state index is 0.721. The number of hydrogen-bond acceptors (Lipinski definition) is 3. The summed E-state index contributed by atoms with van der Waals surface area (Å²) < 4.78 is 0. The van der Waals surface area contributed by atoms with Crippen molar-refractivity contribution in [2.24, 2.45) is 5.92 Å². The lowest BCUT2D eigenvalue weighted by molar-refractivity contribution is 0.185. The first-order valence-corrected chi connectivity index (χ1v) is 8.94. The molecule has 3 unspecified atom stereocenters. The van der Waals surface area contributed by atoms with Gasteiger partial charge in [0.2, 0.25) is 0 Å². The summed E-state index contributed by atoms with van der Waals surface area (Å²) in [4.78, 5) is 2.58. The molecule has 1 N–H and O–H groups in total. The fourth-order valence-corrected chi connectivity index (χ4v) is 3.62. The van der Waals surface area contributed by atoms with Crippen molar-refractivity contribution in [1.29, 1.82) is 0 Å². The zero-order valence-corrected chi connectivity index (χ0v) is 13.6. The third kappa shape index (κ3) is 5.50. The number of rotatable bonds is 7. The molecule has 0 aromatic heterocycles. The van der Waals surface area contributed by atoms with E-state index in [1.165, 1.54) is 50.8 Å². The van der Waals surface area contributed by atoms with Crippen molar-refractivity contribution in [1.82, 2.24) is 10.2 Å². The molecule has 0 radical (unpaired) electrons. The largest absolute Gasteiger partial charge is 0.317 e. The average molecular weight is 273 g/mol. The molecule has 1 aliphatic carbocycles. The lowest BCUT2D eigenvalue weighted by Gasteiger charge is -2.32. The molecule has 1 rings (SSSR count).